The van der Waals surface area contributed by atoms with E-state index < -0.39 is 0 Å². The van der Waals surface area contributed by atoms with E-state index in [0.717, 1.165) is 4.47 Å². The number of methoxy groups -OCH3 is 1. The summed E-state index contributed by atoms with van der Waals surface area (Å²) >= 11 is 9.08. The SMILES string of the molecule is COCOc1cc(Cl)cc(Br)c1. The van der Waals surface area contributed by atoms with Crippen LogP contribution in [0.5, 0.6) is 5.75 Å². The molecule has 0 radical (unpaired) electrons. The summed E-state index contributed by atoms with van der Waals surface area (Å²) in [4.78, 5) is 0. The molecule has 1 rings (SSSR count). The Bertz CT molecular complexity index is 245. The first-order valence-electron chi connectivity index (χ1n) is 3.30. The average molecular weight is 252 g/mol. The second-order valence-corrected chi connectivity index (χ2v) is 3.51. The molecule has 0 saturated carbocycles. The van der Waals surface area contributed by atoms with Gasteiger partial charge in [0.05, 0.1) is 0 Å². The number of halogens is 2. The maximum atomic E-state index is 5.78. The van der Waals surface area contributed by atoms with Gasteiger partial charge in [0.25, 0.3) is 0 Å². The Morgan fingerprint density at radius 2 is 2.17 bits per heavy atom. The quantitative estimate of drug-likeness (QED) is 0.769. The van der Waals surface area contributed by atoms with E-state index in [4.69, 9.17) is 21.1 Å². The Morgan fingerprint density at radius 3 is 2.75 bits per heavy atom. The second-order valence-electron chi connectivity index (χ2n) is 2.16. The third-order valence-electron chi connectivity index (χ3n) is 1.18. The zero-order valence-electron chi connectivity index (χ0n) is 6.51. The molecule has 0 fully saturated rings. The van der Waals surface area contributed by atoms with Gasteiger partial charge < -0.3 is 9.47 Å². The summed E-state index contributed by atoms with van der Waals surface area (Å²) in [5.74, 6) is 0.691. The summed E-state index contributed by atoms with van der Waals surface area (Å²) in [6.07, 6.45) is 0. The van der Waals surface area contributed by atoms with Crippen LogP contribution in [0.25, 0.3) is 0 Å². The molecule has 66 valence electrons. The number of benzene rings is 1. The summed E-state index contributed by atoms with van der Waals surface area (Å²) in [7, 11) is 1.57. The van der Waals surface area contributed by atoms with Gasteiger partial charge in [0, 0.05) is 16.6 Å². The van der Waals surface area contributed by atoms with Gasteiger partial charge in [-0.15, -0.1) is 0 Å². The van der Waals surface area contributed by atoms with Crippen molar-refractivity contribution in [3.63, 3.8) is 0 Å². The maximum Gasteiger partial charge on any atom is 0.188 e. The molecular weight excluding hydrogens is 243 g/mol. The number of ether oxygens (including phenoxy) is 2. The highest BCUT2D eigenvalue weighted by Crippen LogP contribution is 2.24. The van der Waals surface area contributed by atoms with Crippen LogP contribution in [0.1, 0.15) is 0 Å². The molecule has 0 bridgehead atoms. The average Bonchev–Trinajstić information content (AvgIpc) is 1.99. The molecule has 0 amide bonds. The van der Waals surface area contributed by atoms with E-state index in [1.54, 1.807) is 19.2 Å². The third-order valence-corrected chi connectivity index (χ3v) is 1.86. The fourth-order valence-electron chi connectivity index (χ4n) is 0.739. The van der Waals surface area contributed by atoms with Gasteiger partial charge in [-0.3, -0.25) is 0 Å². The van der Waals surface area contributed by atoms with Crippen LogP contribution in [0, 0.1) is 0 Å². The monoisotopic (exact) mass is 250 g/mol. The van der Waals surface area contributed by atoms with Crippen LogP contribution >= 0.6 is 27.5 Å². The van der Waals surface area contributed by atoms with E-state index in [2.05, 4.69) is 15.9 Å². The van der Waals surface area contributed by atoms with E-state index in [1.807, 2.05) is 6.07 Å². The lowest BCUT2D eigenvalue weighted by Gasteiger charge is -2.04. The molecule has 0 unspecified atom stereocenters. The largest absolute Gasteiger partial charge is 0.467 e. The molecule has 0 saturated heterocycles. The summed E-state index contributed by atoms with van der Waals surface area (Å²) in [6.45, 7) is 0.229. The summed E-state index contributed by atoms with van der Waals surface area (Å²) in [5.41, 5.74) is 0. The molecule has 1 aromatic rings. The number of rotatable bonds is 3. The fraction of sp³-hybridized carbons (Fsp3) is 0.250. The molecule has 0 aliphatic carbocycles. The highest BCUT2D eigenvalue weighted by atomic mass is 79.9. The first-order chi connectivity index (χ1) is 5.72. The van der Waals surface area contributed by atoms with Gasteiger partial charge in [-0.25, -0.2) is 0 Å². The van der Waals surface area contributed by atoms with Crippen molar-refractivity contribution in [1.29, 1.82) is 0 Å². The predicted octanol–water partition coefficient (Wildman–Crippen LogP) is 3.09. The van der Waals surface area contributed by atoms with E-state index in [9.17, 15) is 0 Å². The molecular formula is C8H8BrClO2. The molecule has 2 nitrogen and oxygen atoms in total. The zero-order chi connectivity index (χ0) is 8.97. The van der Waals surface area contributed by atoms with E-state index in [0.29, 0.717) is 10.8 Å². The minimum absolute atomic E-state index is 0.229. The van der Waals surface area contributed by atoms with Crippen LogP contribution in [0.15, 0.2) is 22.7 Å². The first kappa shape index (κ1) is 9.84. The molecule has 0 atom stereocenters. The zero-order valence-corrected chi connectivity index (χ0v) is 8.85. The van der Waals surface area contributed by atoms with Gasteiger partial charge in [0.1, 0.15) is 5.75 Å². The summed E-state index contributed by atoms with van der Waals surface area (Å²) in [6, 6.07) is 5.34. The molecule has 4 heteroatoms. The summed E-state index contributed by atoms with van der Waals surface area (Å²) < 4.78 is 10.8. The number of hydrogen-bond acceptors (Lipinski definition) is 2. The van der Waals surface area contributed by atoms with Crippen molar-refractivity contribution in [2.75, 3.05) is 13.9 Å². The molecule has 0 aliphatic rings. The number of hydrogen-bond donors (Lipinski definition) is 0. The van der Waals surface area contributed by atoms with Crippen LogP contribution in [0.3, 0.4) is 0 Å². The van der Waals surface area contributed by atoms with Crippen molar-refractivity contribution in [1.82, 2.24) is 0 Å². The van der Waals surface area contributed by atoms with Crippen molar-refractivity contribution >= 4 is 27.5 Å². The van der Waals surface area contributed by atoms with Crippen LogP contribution < -0.4 is 4.74 Å². The van der Waals surface area contributed by atoms with Gasteiger partial charge in [0.2, 0.25) is 0 Å². The van der Waals surface area contributed by atoms with E-state index in [-0.39, 0.29) is 6.79 Å². The van der Waals surface area contributed by atoms with Gasteiger partial charge in [0.15, 0.2) is 6.79 Å². The highest BCUT2D eigenvalue weighted by Gasteiger charge is 1.97. The van der Waals surface area contributed by atoms with Gasteiger partial charge in [-0.05, 0) is 18.2 Å². The third kappa shape index (κ3) is 3.01. The second kappa shape index (κ2) is 4.70. The van der Waals surface area contributed by atoms with Crippen molar-refractivity contribution < 1.29 is 9.47 Å². The molecule has 0 N–H and O–H groups in total. The Morgan fingerprint density at radius 1 is 1.42 bits per heavy atom. The van der Waals surface area contributed by atoms with Crippen molar-refractivity contribution in [2.45, 2.75) is 0 Å². The molecule has 0 aromatic heterocycles. The van der Waals surface area contributed by atoms with Crippen molar-refractivity contribution in [3.8, 4) is 5.75 Å². The topological polar surface area (TPSA) is 18.5 Å². The van der Waals surface area contributed by atoms with Crippen LogP contribution in [-0.2, 0) is 4.74 Å². The van der Waals surface area contributed by atoms with Crippen LogP contribution in [0.2, 0.25) is 5.02 Å². The van der Waals surface area contributed by atoms with Gasteiger partial charge in [-0.1, -0.05) is 27.5 Å². The van der Waals surface area contributed by atoms with E-state index >= 15 is 0 Å². The lowest BCUT2D eigenvalue weighted by atomic mass is 10.3. The minimum Gasteiger partial charge on any atom is -0.467 e. The van der Waals surface area contributed by atoms with Crippen LogP contribution in [-0.4, -0.2) is 13.9 Å². The highest BCUT2D eigenvalue weighted by molar-refractivity contribution is 9.10. The normalized spacial score (nSPS) is 9.92. The molecule has 0 aliphatic heterocycles. The van der Waals surface area contributed by atoms with Crippen molar-refractivity contribution in [2.24, 2.45) is 0 Å². The fourth-order valence-corrected chi connectivity index (χ4v) is 1.57. The van der Waals surface area contributed by atoms with Crippen molar-refractivity contribution in [3.05, 3.63) is 27.7 Å². The standard InChI is InChI=1S/C8H8BrClO2/c1-11-5-12-8-3-6(9)2-7(10)4-8/h2-4H,5H2,1H3. The molecule has 0 heterocycles. The maximum absolute atomic E-state index is 5.78. The Labute approximate surface area is 84.6 Å². The van der Waals surface area contributed by atoms with Gasteiger partial charge in [-0.2, -0.15) is 0 Å². The lowest BCUT2D eigenvalue weighted by molar-refractivity contribution is 0.0511. The lowest BCUT2D eigenvalue weighted by Crippen LogP contribution is -1.98. The summed E-state index contributed by atoms with van der Waals surface area (Å²) in [5, 5.41) is 0.635. The van der Waals surface area contributed by atoms with Crippen LogP contribution in [0.4, 0.5) is 0 Å². The Kier molecular flexibility index (Phi) is 3.85. The Balaban J connectivity index is 2.72. The predicted molar refractivity (Wildman–Crippen MR) is 51.7 cm³/mol. The smallest absolute Gasteiger partial charge is 0.188 e. The first-order valence-corrected chi connectivity index (χ1v) is 4.47. The van der Waals surface area contributed by atoms with E-state index in [1.165, 1.54) is 0 Å². The Hall–Kier alpha value is -0.250. The molecule has 1 aromatic carbocycles. The molecule has 12 heavy (non-hydrogen) atoms. The van der Waals surface area contributed by atoms with Gasteiger partial charge >= 0.3 is 0 Å². The minimum atomic E-state index is 0.229. The molecule has 0 spiro atoms.